The largest absolute Gasteiger partial charge is 0.452 e. The molecule has 1 fully saturated rings. The summed E-state index contributed by atoms with van der Waals surface area (Å²) in [5, 5.41) is 2.79. The van der Waals surface area contributed by atoms with Crippen molar-refractivity contribution in [2.24, 2.45) is 5.92 Å². The summed E-state index contributed by atoms with van der Waals surface area (Å²) in [5.41, 5.74) is 1.68. The zero-order valence-corrected chi connectivity index (χ0v) is 20.4. The fraction of sp³-hybridized carbons (Fsp3) is 0.440. The zero-order chi connectivity index (χ0) is 24.2. The number of nitrogens with zero attached hydrogens (tertiary/aromatic N) is 1. The molecule has 178 valence electrons. The first-order valence-corrected chi connectivity index (χ1v) is 12.6. The topological polar surface area (TPSA) is 92.8 Å². The second-order valence-corrected chi connectivity index (χ2v) is 11.5. The molecule has 1 N–H and O–H groups in total. The number of piperidine rings is 1. The SMILES string of the molecule is CC1CCN(S(=O)(=O)c2ccc(C(=O)OCC(=O)Nc3ccccc3C(C)(C)C)cc2)CC1. The summed E-state index contributed by atoms with van der Waals surface area (Å²) < 4.78 is 32.3. The monoisotopic (exact) mass is 472 g/mol. The lowest BCUT2D eigenvalue weighted by Crippen LogP contribution is -2.37. The maximum atomic E-state index is 12.8. The lowest BCUT2D eigenvalue weighted by Gasteiger charge is -2.29. The minimum atomic E-state index is -3.59. The molecule has 0 saturated carbocycles. The fourth-order valence-electron chi connectivity index (χ4n) is 3.78. The summed E-state index contributed by atoms with van der Waals surface area (Å²) in [6.07, 6.45) is 1.68. The van der Waals surface area contributed by atoms with Gasteiger partial charge in [-0.25, -0.2) is 13.2 Å². The first-order valence-electron chi connectivity index (χ1n) is 11.1. The molecule has 2 aromatic rings. The fourth-order valence-corrected chi connectivity index (χ4v) is 5.25. The second-order valence-electron chi connectivity index (χ2n) is 9.53. The summed E-state index contributed by atoms with van der Waals surface area (Å²) in [7, 11) is -3.59. The van der Waals surface area contributed by atoms with E-state index >= 15 is 0 Å². The first-order chi connectivity index (χ1) is 15.5. The minimum Gasteiger partial charge on any atom is -0.452 e. The van der Waals surface area contributed by atoms with Crippen molar-refractivity contribution in [1.82, 2.24) is 4.31 Å². The van der Waals surface area contributed by atoms with Crippen LogP contribution in [0.5, 0.6) is 0 Å². The van der Waals surface area contributed by atoms with Crippen LogP contribution in [0.15, 0.2) is 53.4 Å². The number of carbonyl (C=O) groups excluding carboxylic acids is 2. The van der Waals surface area contributed by atoms with E-state index in [1.54, 1.807) is 0 Å². The van der Waals surface area contributed by atoms with Gasteiger partial charge in [0.2, 0.25) is 10.0 Å². The Bertz CT molecular complexity index is 1100. The van der Waals surface area contributed by atoms with Crippen LogP contribution < -0.4 is 5.32 Å². The summed E-state index contributed by atoms with van der Waals surface area (Å²) >= 11 is 0. The number of rotatable bonds is 6. The van der Waals surface area contributed by atoms with Gasteiger partial charge in [-0.15, -0.1) is 0 Å². The van der Waals surface area contributed by atoms with E-state index in [1.165, 1.54) is 28.6 Å². The minimum absolute atomic E-state index is 0.144. The Hall–Kier alpha value is -2.71. The van der Waals surface area contributed by atoms with Crippen molar-refractivity contribution in [2.75, 3.05) is 25.0 Å². The average molecular weight is 473 g/mol. The standard InChI is InChI=1S/C25H32N2O5S/c1-18-13-15-27(16-14-18)33(30,31)20-11-9-19(10-12-20)24(29)32-17-23(28)26-22-8-6-5-7-21(22)25(2,3)4/h5-12,18H,13-17H2,1-4H3,(H,26,28). The van der Waals surface area contributed by atoms with Crippen molar-refractivity contribution in [1.29, 1.82) is 0 Å². The number of anilines is 1. The number of para-hydroxylation sites is 1. The Labute approximate surface area is 196 Å². The third-order valence-corrected chi connectivity index (χ3v) is 7.73. The summed E-state index contributed by atoms with van der Waals surface area (Å²) in [6, 6.07) is 13.1. The number of hydrogen-bond acceptors (Lipinski definition) is 5. The molecule has 7 nitrogen and oxygen atoms in total. The number of ether oxygens (including phenoxy) is 1. The summed E-state index contributed by atoms with van der Waals surface area (Å²) in [5.74, 6) is -0.615. The molecule has 1 amide bonds. The highest BCUT2D eigenvalue weighted by Gasteiger charge is 2.28. The molecule has 0 bridgehead atoms. The molecule has 33 heavy (non-hydrogen) atoms. The van der Waals surface area contributed by atoms with E-state index in [0.717, 1.165) is 18.4 Å². The molecule has 1 aliphatic heterocycles. The van der Waals surface area contributed by atoms with E-state index in [-0.39, 0.29) is 15.9 Å². The Morgan fingerprint density at radius 2 is 1.64 bits per heavy atom. The molecule has 3 rings (SSSR count). The van der Waals surface area contributed by atoms with E-state index < -0.39 is 28.5 Å². The molecule has 0 atom stereocenters. The van der Waals surface area contributed by atoms with E-state index in [0.29, 0.717) is 24.7 Å². The number of nitrogens with one attached hydrogen (secondary N) is 1. The van der Waals surface area contributed by atoms with Crippen LogP contribution in [0.1, 0.15) is 56.5 Å². The van der Waals surface area contributed by atoms with Crippen LogP contribution in [-0.4, -0.2) is 44.3 Å². The number of benzene rings is 2. The Morgan fingerprint density at radius 3 is 2.24 bits per heavy atom. The van der Waals surface area contributed by atoms with Crippen LogP contribution >= 0.6 is 0 Å². The molecule has 8 heteroatoms. The van der Waals surface area contributed by atoms with E-state index in [1.807, 2.05) is 45.0 Å². The van der Waals surface area contributed by atoms with Crippen LogP contribution in [0.3, 0.4) is 0 Å². The van der Waals surface area contributed by atoms with Gasteiger partial charge in [-0.05, 0) is 60.1 Å². The molecule has 0 radical (unpaired) electrons. The van der Waals surface area contributed by atoms with Crippen LogP contribution in [-0.2, 0) is 25.0 Å². The van der Waals surface area contributed by atoms with Crippen molar-refractivity contribution < 1.29 is 22.7 Å². The van der Waals surface area contributed by atoms with Gasteiger partial charge in [0.1, 0.15) is 0 Å². The van der Waals surface area contributed by atoms with Gasteiger partial charge in [-0.3, -0.25) is 4.79 Å². The van der Waals surface area contributed by atoms with Crippen LogP contribution in [0, 0.1) is 5.92 Å². The third kappa shape index (κ3) is 6.21. The van der Waals surface area contributed by atoms with E-state index in [4.69, 9.17) is 4.74 Å². The predicted molar refractivity (Wildman–Crippen MR) is 128 cm³/mol. The second kappa shape index (κ2) is 10.1. The Morgan fingerprint density at radius 1 is 1.03 bits per heavy atom. The van der Waals surface area contributed by atoms with Crippen molar-refractivity contribution in [3.63, 3.8) is 0 Å². The maximum absolute atomic E-state index is 12.8. The number of hydrogen-bond donors (Lipinski definition) is 1. The van der Waals surface area contributed by atoms with Gasteiger partial charge in [0.15, 0.2) is 6.61 Å². The van der Waals surface area contributed by atoms with Crippen molar-refractivity contribution in [3.05, 3.63) is 59.7 Å². The molecule has 1 heterocycles. The lowest BCUT2D eigenvalue weighted by atomic mass is 9.86. The van der Waals surface area contributed by atoms with Crippen molar-refractivity contribution in [3.8, 4) is 0 Å². The third-order valence-electron chi connectivity index (χ3n) is 5.81. The van der Waals surface area contributed by atoms with Gasteiger partial charge < -0.3 is 10.1 Å². The quantitative estimate of drug-likeness (QED) is 0.636. The lowest BCUT2D eigenvalue weighted by molar-refractivity contribution is -0.119. The average Bonchev–Trinajstić information content (AvgIpc) is 2.77. The van der Waals surface area contributed by atoms with Gasteiger partial charge in [0.25, 0.3) is 5.91 Å². The van der Waals surface area contributed by atoms with Gasteiger partial charge in [-0.1, -0.05) is 45.9 Å². The van der Waals surface area contributed by atoms with Gasteiger partial charge in [0.05, 0.1) is 10.5 Å². The van der Waals surface area contributed by atoms with E-state index in [9.17, 15) is 18.0 Å². The van der Waals surface area contributed by atoms with E-state index in [2.05, 4.69) is 12.2 Å². The van der Waals surface area contributed by atoms with Crippen molar-refractivity contribution >= 4 is 27.6 Å². The molecule has 1 aliphatic rings. The van der Waals surface area contributed by atoms with Gasteiger partial charge >= 0.3 is 5.97 Å². The molecule has 0 unspecified atom stereocenters. The molecule has 0 spiro atoms. The number of esters is 1. The molecule has 0 aromatic heterocycles. The van der Waals surface area contributed by atoms with Gasteiger partial charge in [-0.2, -0.15) is 4.31 Å². The van der Waals surface area contributed by atoms with Crippen LogP contribution in [0.2, 0.25) is 0 Å². The summed E-state index contributed by atoms with van der Waals surface area (Å²) in [6.45, 7) is 8.83. The predicted octanol–water partition coefficient (Wildman–Crippen LogP) is 4.20. The highest BCUT2D eigenvalue weighted by atomic mass is 32.2. The summed E-state index contributed by atoms with van der Waals surface area (Å²) in [4.78, 5) is 24.8. The highest BCUT2D eigenvalue weighted by molar-refractivity contribution is 7.89. The normalized spacial score (nSPS) is 15.8. The Balaban J connectivity index is 1.59. The smallest absolute Gasteiger partial charge is 0.338 e. The molecular weight excluding hydrogens is 440 g/mol. The molecule has 2 aromatic carbocycles. The number of sulfonamides is 1. The maximum Gasteiger partial charge on any atom is 0.338 e. The van der Waals surface area contributed by atoms with Crippen molar-refractivity contribution in [2.45, 2.75) is 50.8 Å². The zero-order valence-electron chi connectivity index (χ0n) is 19.6. The molecule has 0 aliphatic carbocycles. The van der Waals surface area contributed by atoms with Gasteiger partial charge in [0, 0.05) is 18.8 Å². The number of carbonyl (C=O) groups is 2. The molecule has 1 saturated heterocycles. The Kier molecular flexibility index (Phi) is 7.59. The van der Waals surface area contributed by atoms with Crippen LogP contribution in [0.4, 0.5) is 5.69 Å². The first kappa shape index (κ1) is 24.9. The number of amides is 1. The highest BCUT2D eigenvalue weighted by Crippen LogP contribution is 2.29. The van der Waals surface area contributed by atoms with Crippen LogP contribution in [0.25, 0.3) is 0 Å². The molecular formula is C25H32N2O5S.